The van der Waals surface area contributed by atoms with Crippen molar-refractivity contribution in [2.75, 3.05) is 7.11 Å². The van der Waals surface area contributed by atoms with Crippen molar-refractivity contribution in [2.45, 2.75) is 18.1 Å². The topological polar surface area (TPSA) is 86.0 Å². The van der Waals surface area contributed by atoms with Crippen molar-refractivity contribution in [3.05, 3.63) is 100 Å². The van der Waals surface area contributed by atoms with Crippen LogP contribution in [0.3, 0.4) is 0 Å². The molecule has 6 heteroatoms. The highest BCUT2D eigenvalue weighted by atomic mass is 16.7. The maximum Gasteiger partial charge on any atom is 0.379 e. The summed E-state index contributed by atoms with van der Waals surface area (Å²) in [7, 11) is 1.18. The molecule has 1 aliphatic rings. The van der Waals surface area contributed by atoms with Crippen molar-refractivity contribution in [1.82, 2.24) is 0 Å². The Morgan fingerprint density at radius 1 is 0.969 bits per heavy atom. The smallest absolute Gasteiger partial charge is 0.379 e. The average molecular weight is 428 g/mol. The predicted molar refractivity (Wildman–Crippen MR) is 118 cm³/mol. The number of esters is 1. The van der Waals surface area contributed by atoms with Gasteiger partial charge < -0.3 is 19.0 Å². The molecule has 1 aromatic heterocycles. The van der Waals surface area contributed by atoms with E-state index in [-0.39, 0.29) is 17.7 Å². The summed E-state index contributed by atoms with van der Waals surface area (Å²) < 4.78 is 16.1. The predicted octanol–water partition coefficient (Wildman–Crippen LogP) is 4.24. The monoisotopic (exact) mass is 428 g/mol. The third-order valence-corrected chi connectivity index (χ3v) is 5.82. The third kappa shape index (κ3) is 3.25. The minimum atomic E-state index is -2.24. The van der Waals surface area contributed by atoms with Crippen LogP contribution in [-0.4, -0.2) is 24.0 Å². The first-order valence-corrected chi connectivity index (χ1v) is 10.2. The van der Waals surface area contributed by atoms with E-state index < -0.39 is 23.3 Å². The van der Waals surface area contributed by atoms with Crippen LogP contribution >= 0.6 is 0 Å². The van der Waals surface area contributed by atoms with Crippen LogP contribution in [0.2, 0.25) is 0 Å². The van der Waals surface area contributed by atoms with Gasteiger partial charge in [0.05, 0.1) is 18.1 Å². The Morgan fingerprint density at radius 3 is 2.34 bits per heavy atom. The number of ether oxygens (including phenoxy) is 2. The second-order valence-electron chi connectivity index (χ2n) is 7.75. The van der Waals surface area contributed by atoms with Gasteiger partial charge in [0.2, 0.25) is 0 Å². The highest BCUT2D eigenvalue weighted by Gasteiger charge is 2.49. The quantitative estimate of drug-likeness (QED) is 0.388. The molecular weight excluding hydrogens is 408 g/mol. The Kier molecular flexibility index (Phi) is 4.79. The van der Waals surface area contributed by atoms with Crippen molar-refractivity contribution in [1.29, 1.82) is 0 Å². The SMILES string of the molecule is COC(=O)C1(O)CC(c2ccc(-c3ccccc3)cc2)c2c(c3ccccc3oc2=O)O1. The number of benzene rings is 3. The summed E-state index contributed by atoms with van der Waals surface area (Å²) in [6, 6.07) is 24.4. The minimum absolute atomic E-state index is 0.133. The summed E-state index contributed by atoms with van der Waals surface area (Å²) in [6.45, 7) is 0. The number of fused-ring (bicyclic) bond motifs is 3. The Morgan fingerprint density at radius 2 is 1.62 bits per heavy atom. The lowest BCUT2D eigenvalue weighted by Crippen LogP contribution is -2.50. The number of hydrogen-bond donors (Lipinski definition) is 1. The molecule has 6 nitrogen and oxygen atoms in total. The van der Waals surface area contributed by atoms with Crippen LogP contribution in [0.15, 0.2) is 88.1 Å². The zero-order valence-corrected chi connectivity index (χ0v) is 17.3. The molecular formula is C26H20O6. The molecule has 3 aromatic carbocycles. The summed E-state index contributed by atoms with van der Waals surface area (Å²) in [6.07, 6.45) is -0.180. The van der Waals surface area contributed by atoms with E-state index in [0.29, 0.717) is 11.0 Å². The summed E-state index contributed by atoms with van der Waals surface area (Å²) in [5.74, 6) is -3.66. The first-order valence-electron chi connectivity index (χ1n) is 10.2. The van der Waals surface area contributed by atoms with Crippen LogP contribution < -0.4 is 10.4 Å². The van der Waals surface area contributed by atoms with E-state index in [1.165, 1.54) is 7.11 Å². The second-order valence-corrected chi connectivity index (χ2v) is 7.75. The highest BCUT2D eigenvalue weighted by Crippen LogP contribution is 2.45. The molecule has 0 fully saturated rings. The van der Waals surface area contributed by atoms with Crippen molar-refractivity contribution >= 4 is 16.9 Å². The molecule has 4 aromatic rings. The summed E-state index contributed by atoms with van der Waals surface area (Å²) >= 11 is 0. The van der Waals surface area contributed by atoms with Crippen LogP contribution in [0, 0.1) is 0 Å². The van der Waals surface area contributed by atoms with E-state index in [2.05, 4.69) is 0 Å². The maximum atomic E-state index is 13.0. The normalized spacial score (nSPS) is 19.8. The average Bonchev–Trinajstić information content (AvgIpc) is 2.83. The molecule has 1 aliphatic heterocycles. The maximum absolute atomic E-state index is 13.0. The number of para-hydroxylation sites is 1. The van der Waals surface area contributed by atoms with E-state index in [1.54, 1.807) is 24.3 Å². The van der Waals surface area contributed by atoms with E-state index in [4.69, 9.17) is 13.9 Å². The van der Waals surface area contributed by atoms with E-state index in [0.717, 1.165) is 16.7 Å². The molecule has 5 rings (SSSR count). The summed E-state index contributed by atoms with van der Waals surface area (Å²) in [4.78, 5) is 25.4. The molecule has 0 saturated heterocycles. The van der Waals surface area contributed by atoms with Crippen molar-refractivity contribution in [3.8, 4) is 16.9 Å². The molecule has 0 aliphatic carbocycles. The molecule has 2 atom stereocenters. The van der Waals surface area contributed by atoms with Gasteiger partial charge in [0.25, 0.3) is 0 Å². The minimum Gasteiger partial charge on any atom is -0.464 e. The molecule has 2 heterocycles. The molecule has 0 radical (unpaired) electrons. The molecule has 32 heavy (non-hydrogen) atoms. The van der Waals surface area contributed by atoms with Crippen molar-refractivity contribution < 1.29 is 23.8 Å². The fourth-order valence-electron chi connectivity index (χ4n) is 4.24. The lowest BCUT2D eigenvalue weighted by molar-refractivity contribution is -0.202. The van der Waals surface area contributed by atoms with Gasteiger partial charge in [-0.3, -0.25) is 0 Å². The van der Waals surface area contributed by atoms with E-state index in [9.17, 15) is 14.7 Å². The highest BCUT2D eigenvalue weighted by molar-refractivity contribution is 5.87. The standard InChI is InChI=1S/C26H20O6/c1-30-25(28)26(29)15-20(18-13-11-17(12-14-18)16-7-3-2-4-8-16)22-23(32-26)19-9-5-6-10-21(19)31-24(22)27/h2-14,20,29H,15H2,1H3. The van der Waals surface area contributed by atoms with Crippen molar-refractivity contribution in [2.24, 2.45) is 0 Å². The number of aliphatic hydroxyl groups is 1. The molecule has 0 spiro atoms. The zero-order chi connectivity index (χ0) is 22.3. The van der Waals surface area contributed by atoms with Crippen LogP contribution in [0.5, 0.6) is 5.75 Å². The molecule has 1 N–H and O–H groups in total. The van der Waals surface area contributed by atoms with Crippen LogP contribution in [0.4, 0.5) is 0 Å². The molecule has 0 bridgehead atoms. The van der Waals surface area contributed by atoms with Crippen LogP contribution in [0.1, 0.15) is 23.5 Å². The fraction of sp³-hybridized carbons (Fsp3) is 0.154. The van der Waals surface area contributed by atoms with Gasteiger partial charge in [-0.25, -0.2) is 9.59 Å². The largest absolute Gasteiger partial charge is 0.464 e. The van der Waals surface area contributed by atoms with Gasteiger partial charge in [-0.2, -0.15) is 0 Å². The molecule has 2 unspecified atom stereocenters. The van der Waals surface area contributed by atoms with Gasteiger partial charge in [0.15, 0.2) is 0 Å². The van der Waals surface area contributed by atoms with Gasteiger partial charge in [0, 0.05) is 12.3 Å². The lowest BCUT2D eigenvalue weighted by atomic mass is 9.82. The van der Waals surface area contributed by atoms with Gasteiger partial charge in [0.1, 0.15) is 11.3 Å². The number of hydrogen-bond acceptors (Lipinski definition) is 6. The van der Waals surface area contributed by atoms with Gasteiger partial charge in [-0.15, -0.1) is 0 Å². The van der Waals surface area contributed by atoms with Crippen LogP contribution in [0.25, 0.3) is 22.1 Å². The van der Waals surface area contributed by atoms with Crippen molar-refractivity contribution in [3.63, 3.8) is 0 Å². The Hall–Kier alpha value is -3.90. The van der Waals surface area contributed by atoms with Crippen LogP contribution in [-0.2, 0) is 9.53 Å². The van der Waals surface area contributed by atoms with Gasteiger partial charge >= 0.3 is 17.4 Å². The van der Waals surface area contributed by atoms with E-state index in [1.807, 2.05) is 54.6 Å². The number of carbonyl (C=O) groups is 1. The Bertz CT molecular complexity index is 1360. The number of carbonyl (C=O) groups excluding carboxylic acids is 1. The summed E-state index contributed by atoms with van der Waals surface area (Å²) in [5.41, 5.74) is 2.83. The Labute approximate surface area is 183 Å². The van der Waals surface area contributed by atoms with E-state index >= 15 is 0 Å². The van der Waals surface area contributed by atoms with Gasteiger partial charge in [-0.1, -0.05) is 66.7 Å². The number of methoxy groups -OCH3 is 1. The van der Waals surface area contributed by atoms with Gasteiger partial charge in [-0.05, 0) is 28.8 Å². The third-order valence-electron chi connectivity index (χ3n) is 5.82. The lowest BCUT2D eigenvalue weighted by Gasteiger charge is -2.36. The first-order chi connectivity index (χ1) is 15.5. The summed E-state index contributed by atoms with van der Waals surface area (Å²) in [5, 5.41) is 11.6. The zero-order valence-electron chi connectivity index (χ0n) is 17.3. The molecule has 0 amide bonds. The number of rotatable bonds is 3. The first kappa shape index (κ1) is 20.0. The Balaban J connectivity index is 1.68. The molecule has 160 valence electrons. The second kappa shape index (κ2) is 7.66. The fourth-order valence-corrected chi connectivity index (χ4v) is 4.24. The molecule has 0 saturated carbocycles.